The van der Waals surface area contributed by atoms with Gasteiger partial charge in [0.2, 0.25) is 0 Å². The molecule has 0 amide bonds. The molecule has 0 saturated heterocycles. The van der Waals surface area contributed by atoms with Crippen molar-refractivity contribution in [1.82, 2.24) is 9.88 Å². The predicted molar refractivity (Wildman–Crippen MR) is 113 cm³/mol. The summed E-state index contributed by atoms with van der Waals surface area (Å²) in [6.07, 6.45) is 0. The van der Waals surface area contributed by atoms with Gasteiger partial charge in [-0.05, 0) is 36.4 Å². The normalized spacial score (nSPS) is 10.6. The summed E-state index contributed by atoms with van der Waals surface area (Å²) in [4.78, 5) is 17.8. The molecule has 0 radical (unpaired) electrons. The van der Waals surface area contributed by atoms with E-state index in [1.165, 1.54) is 0 Å². The van der Waals surface area contributed by atoms with Crippen LogP contribution in [0.3, 0.4) is 0 Å². The minimum atomic E-state index is -0.940. The molecule has 0 atom stereocenters. The van der Waals surface area contributed by atoms with E-state index in [-0.39, 0.29) is 6.54 Å². The molecule has 1 N–H and O–H groups in total. The van der Waals surface area contributed by atoms with Gasteiger partial charge in [-0.3, -0.25) is 4.79 Å². The third-order valence-electron chi connectivity index (χ3n) is 4.10. The van der Waals surface area contributed by atoms with E-state index in [0.717, 1.165) is 26.5 Å². The fourth-order valence-electron chi connectivity index (χ4n) is 2.85. The maximum atomic E-state index is 11.1. The number of ether oxygens (including phenoxy) is 1. The Bertz CT molecular complexity index is 1040. The molecule has 138 valence electrons. The van der Waals surface area contributed by atoms with E-state index < -0.39 is 5.97 Å². The number of aromatic nitrogens is 1. The van der Waals surface area contributed by atoms with Crippen LogP contribution in [-0.2, 0) is 4.79 Å². The standard InChI is InChI=1S/C20H17BrN2O3S/c1-23(11-19(24)25)20(27)15-10-17(13-5-3-4-6-18(13)26-2)22-16-8-7-12(21)9-14(15)16/h3-10H,11H2,1-2H3,(H,24,25). The van der Waals surface area contributed by atoms with E-state index in [9.17, 15) is 4.79 Å². The van der Waals surface area contributed by atoms with Gasteiger partial charge >= 0.3 is 5.97 Å². The first-order valence-electron chi connectivity index (χ1n) is 8.11. The molecule has 0 unspecified atom stereocenters. The van der Waals surface area contributed by atoms with Crippen molar-refractivity contribution in [2.24, 2.45) is 0 Å². The van der Waals surface area contributed by atoms with E-state index in [1.54, 1.807) is 19.1 Å². The smallest absolute Gasteiger partial charge is 0.323 e. The molecule has 3 aromatic rings. The van der Waals surface area contributed by atoms with Gasteiger partial charge in [0.25, 0.3) is 0 Å². The van der Waals surface area contributed by atoms with Gasteiger partial charge in [-0.25, -0.2) is 4.98 Å². The number of thiocarbonyl (C=S) groups is 1. The lowest BCUT2D eigenvalue weighted by molar-refractivity contribution is -0.137. The van der Waals surface area contributed by atoms with E-state index in [0.29, 0.717) is 16.4 Å². The monoisotopic (exact) mass is 444 g/mol. The molecule has 0 saturated carbocycles. The Morgan fingerprint density at radius 2 is 2.00 bits per heavy atom. The summed E-state index contributed by atoms with van der Waals surface area (Å²) in [5.41, 5.74) is 3.07. The van der Waals surface area contributed by atoms with Crippen molar-refractivity contribution in [3.05, 3.63) is 58.6 Å². The Labute approximate surface area is 170 Å². The number of pyridine rings is 1. The number of carbonyl (C=O) groups is 1. The van der Waals surface area contributed by atoms with Crippen LogP contribution in [-0.4, -0.2) is 46.7 Å². The lowest BCUT2D eigenvalue weighted by Gasteiger charge is -2.20. The molecule has 2 aromatic carbocycles. The van der Waals surface area contributed by atoms with Gasteiger partial charge in [-0.1, -0.05) is 40.3 Å². The van der Waals surface area contributed by atoms with Crippen LogP contribution < -0.4 is 4.74 Å². The van der Waals surface area contributed by atoms with Crippen LogP contribution in [0.1, 0.15) is 5.56 Å². The number of benzene rings is 2. The van der Waals surface area contributed by atoms with Crippen molar-refractivity contribution < 1.29 is 14.6 Å². The third kappa shape index (κ3) is 4.09. The number of carboxylic acid groups (broad SMARTS) is 1. The van der Waals surface area contributed by atoms with Crippen molar-refractivity contribution in [2.75, 3.05) is 20.7 Å². The third-order valence-corrected chi connectivity index (χ3v) is 5.13. The molecule has 0 aliphatic heterocycles. The van der Waals surface area contributed by atoms with Gasteiger partial charge in [0, 0.05) is 28.0 Å². The molecule has 0 fully saturated rings. The van der Waals surface area contributed by atoms with Crippen LogP contribution in [0.5, 0.6) is 5.75 Å². The minimum absolute atomic E-state index is 0.180. The van der Waals surface area contributed by atoms with Crippen LogP contribution in [0.15, 0.2) is 53.0 Å². The minimum Gasteiger partial charge on any atom is -0.496 e. The summed E-state index contributed by atoms with van der Waals surface area (Å²) >= 11 is 9.07. The maximum Gasteiger partial charge on any atom is 0.323 e. The average molecular weight is 445 g/mol. The summed E-state index contributed by atoms with van der Waals surface area (Å²) < 4.78 is 6.36. The molecule has 3 rings (SSSR count). The van der Waals surface area contributed by atoms with Crippen LogP contribution in [0.2, 0.25) is 0 Å². The number of likely N-dealkylation sites (N-methyl/N-ethyl adjacent to an activating group) is 1. The number of methoxy groups -OCH3 is 1. The van der Waals surface area contributed by atoms with Crippen molar-refractivity contribution in [3.8, 4) is 17.0 Å². The SMILES string of the molecule is COc1ccccc1-c1cc(C(=S)N(C)CC(=O)O)c2cc(Br)ccc2n1. The summed E-state index contributed by atoms with van der Waals surface area (Å²) in [7, 11) is 3.28. The number of fused-ring (bicyclic) bond motifs is 1. The van der Waals surface area contributed by atoms with E-state index in [2.05, 4.69) is 15.9 Å². The highest BCUT2D eigenvalue weighted by Gasteiger charge is 2.17. The molecule has 1 heterocycles. The fraction of sp³-hybridized carbons (Fsp3) is 0.150. The molecule has 5 nitrogen and oxygen atoms in total. The molecule has 1 aromatic heterocycles. The second-order valence-electron chi connectivity index (χ2n) is 5.97. The summed E-state index contributed by atoms with van der Waals surface area (Å²) in [5, 5.41) is 9.95. The number of rotatable bonds is 5. The van der Waals surface area contributed by atoms with Gasteiger partial charge in [0.15, 0.2) is 0 Å². The molecule has 7 heteroatoms. The van der Waals surface area contributed by atoms with Crippen molar-refractivity contribution in [1.29, 1.82) is 0 Å². The molecule has 0 aliphatic rings. The lowest BCUT2D eigenvalue weighted by atomic mass is 10.0. The second kappa shape index (κ2) is 8.02. The molecule has 27 heavy (non-hydrogen) atoms. The van der Waals surface area contributed by atoms with Crippen molar-refractivity contribution in [2.45, 2.75) is 0 Å². The Balaban J connectivity index is 2.22. The van der Waals surface area contributed by atoms with Crippen LogP contribution in [0, 0.1) is 0 Å². The fourth-order valence-corrected chi connectivity index (χ4v) is 3.44. The van der Waals surface area contributed by atoms with E-state index in [1.807, 2.05) is 48.5 Å². The number of aliphatic carboxylic acids is 1. The predicted octanol–water partition coefficient (Wildman–Crippen LogP) is 4.36. The first kappa shape index (κ1) is 19.3. The van der Waals surface area contributed by atoms with Gasteiger partial charge < -0.3 is 14.7 Å². The first-order valence-corrected chi connectivity index (χ1v) is 9.32. The number of hydrogen-bond donors (Lipinski definition) is 1. The number of nitrogens with zero attached hydrogens (tertiary/aromatic N) is 2. The van der Waals surface area contributed by atoms with E-state index >= 15 is 0 Å². The maximum absolute atomic E-state index is 11.1. The highest BCUT2D eigenvalue weighted by molar-refractivity contribution is 9.10. The highest BCUT2D eigenvalue weighted by Crippen LogP contribution is 2.32. The highest BCUT2D eigenvalue weighted by atomic mass is 79.9. The number of halogens is 1. The summed E-state index contributed by atoms with van der Waals surface area (Å²) in [6.45, 7) is -0.180. The van der Waals surface area contributed by atoms with Crippen LogP contribution in [0.4, 0.5) is 0 Å². The van der Waals surface area contributed by atoms with E-state index in [4.69, 9.17) is 27.0 Å². The van der Waals surface area contributed by atoms with Gasteiger partial charge in [0.05, 0.1) is 18.3 Å². The molecule has 0 aliphatic carbocycles. The number of carboxylic acids is 1. The van der Waals surface area contributed by atoms with Crippen LogP contribution >= 0.6 is 28.1 Å². The zero-order valence-electron chi connectivity index (χ0n) is 14.8. The second-order valence-corrected chi connectivity index (χ2v) is 7.27. The van der Waals surface area contributed by atoms with Crippen molar-refractivity contribution >= 4 is 50.0 Å². The quantitative estimate of drug-likeness (QED) is 0.589. The zero-order valence-corrected chi connectivity index (χ0v) is 17.2. The Hall–Kier alpha value is -2.51. The average Bonchev–Trinajstić information content (AvgIpc) is 2.66. The summed E-state index contributed by atoms with van der Waals surface area (Å²) in [5.74, 6) is -0.235. The largest absolute Gasteiger partial charge is 0.496 e. The van der Waals surface area contributed by atoms with Crippen LogP contribution in [0.25, 0.3) is 22.2 Å². The zero-order chi connectivity index (χ0) is 19.6. The molecule has 0 bridgehead atoms. The van der Waals surface area contributed by atoms with Gasteiger partial charge in [-0.15, -0.1) is 0 Å². The Morgan fingerprint density at radius 3 is 2.70 bits per heavy atom. The first-order chi connectivity index (χ1) is 12.9. The summed E-state index contributed by atoms with van der Waals surface area (Å²) in [6, 6.07) is 15.2. The molecule has 0 spiro atoms. The molecular formula is C20H17BrN2O3S. The Morgan fingerprint density at radius 1 is 1.26 bits per heavy atom. The lowest BCUT2D eigenvalue weighted by Crippen LogP contribution is -2.31. The molecular weight excluding hydrogens is 428 g/mol. The van der Waals surface area contributed by atoms with Gasteiger partial charge in [-0.2, -0.15) is 0 Å². The number of hydrogen-bond acceptors (Lipinski definition) is 4. The van der Waals surface area contributed by atoms with Gasteiger partial charge in [0.1, 0.15) is 17.3 Å². The number of para-hydroxylation sites is 1. The Kier molecular flexibility index (Phi) is 5.72. The van der Waals surface area contributed by atoms with Crippen molar-refractivity contribution in [3.63, 3.8) is 0 Å². The topological polar surface area (TPSA) is 62.7 Å².